The molecular weight excluding hydrogens is 276 g/mol. The van der Waals surface area contributed by atoms with E-state index in [1.54, 1.807) is 25.1 Å². The van der Waals surface area contributed by atoms with Crippen LogP contribution in [0.1, 0.15) is 25.3 Å². The van der Waals surface area contributed by atoms with Crippen molar-refractivity contribution in [2.45, 2.75) is 32.2 Å². The third-order valence-electron chi connectivity index (χ3n) is 3.52. The van der Waals surface area contributed by atoms with Gasteiger partial charge in [0, 0.05) is 5.02 Å². The summed E-state index contributed by atoms with van der Waals surface area (Å²) in [6.07, 6.45) is 1.98. The van der Waals surface area contributed by atoms with E-state index in [0.717, 1.165) is 18.4 Å². The van der Waals surface area contributed by atoms with E-state index in [-0.39, 0.29) is 18.4 Å². The van der Waals surface area contributed by atoms with Gasteiger partial charge in [-0.2, -0.15) is 5.26 Å². The molecule has 4 nitrogen and oxygen atoms in total. The summed E-state index contributed by atoms with van der Waals surface area (Å²) in [6.45, 7) is 3.52. The monoisotopic (exact) mass is 292 g/mol. The summed E-state index contributed by atoms with van der Waals surface area (Å²) in [4.78, 5) is 11.9. The zero-order valence-corrected chi connectivity index (χ0v) is 12.3. The number of rotatable bonds is 5. The lowest BCUT2D eigenvalue weighted by Crippen LogP contribution is -2.48. The van der Waals surface area contributed by atoms with Crippen LogP contribution >= 0.6 is 11.6 Å². The maximum Gasteiger partial charge on any atom is 0.259 e. The molecule has 1 aliphatic rings. The molecule has 0 saturated heterocycles. The number of benzene rings is 1. The van der Waals surface area contributed by atoms with Gasteiger partial charge >= 0.3 is 0 Å². The summed E-state index contributed by atoms with van der Waals surface area (Å²) in [5.41, 5.74) is 0.0886. The molecule has 0 radical (unpaired) electrons. The molecule has 0 unspecified atom stereocenters. The van der Waals surface area contributed by atoms with Gasteiger partial charge in [0.1, 0.15) is 11.3 Å². The summed E-state index contributed by atoms with van der Waals surface area (Å²) in [5.74, 6) is 0.596. The fourth-order valence-corrected chi connectivity index (χ4v) is 2.35. The molecular formula is C15H17ClN2O2. The van der Waals surface area contributed by atoms with E-state index in [1.165, 1.54) is 0 Å². The van der Waals surface area contributed by atoms with Crippen LogP contribution in [0.25, 0.3) is 0 Å². The van der Waals surface area contributed by atoms with E-state index in [9.17, 15) is 10.1 Å². The van der Waals surface area contributed by atoms with Gasteiger partial charge in [-0.25, -0.2) is 0 Å². The van der Waals surface area contributed by atoms with E-state index in [2.05, 4.69) is 11.4 Å². The van der Waals surface area contributed by atoms with Gasteiger partial charge in [-0.3, -0.25) is 4.79 Å². The maximum absolute atomic E-state index is 11.9. The second kappa shape index (κ2) is 5.72. The molecule has 106 valence electrons. The lowest BCUT2D eigenvalue weighted by Gasteiger charge is -2.22. The molecule has 1 saturated carbocycles. The average molecular weight is 293 g/mol. The van der Waals surface area contributed by atoms with Crippen molar-refractivity contribution in [1.82, 2.24) is 5.32 Å². The van der Waals surface area contributed by atoms with E-state index in [4.69, 9.17) is 16.3 Å². The molecule has 20 heavy (non-hydrogen) atoms. The average Bonchev–Trinajstić information content (AvgIpc) is 3.22. The van der Waals surface area contributed by atoms with Crippen molar-refractivity contribution in [2.75, 3.05) is 6.61 Å². The molecule has 0 bridgehead atoms. The number of halogens is 1. The van der Waals surface area contributed by atoms with Crippen molar-refractivity contribution >= 4 is 17.5 Å². The zero-order chi connectivity index (χ0) is 14.8. The van der Waals surface area contributed by atoms with Crippen LogP contribution in [0.15, 0.2) is 18.2 Å². The molecule has 1 amide bonds. The lowest BCUT2D eigenvalue weighted by atomic mass is 9.98. The second-order valence-corrected chi connectivity index (χ2v) is 5.77. The lowest BCUT2D eigenvalue weighted by molar-refractivity contribution is -0.124. The van der Waals surface area contributed by atoms with Crippen LogP contribution in [0.3, 0.4) is 0 Å². The highest BCUT2D eigenvalue weighted by atomic mass is 35.5. The molecule has 0 aromatic heterocycles. The normalized spacial score (nSPS) is 16.9. The quantitative estimate of drug-likeness (QED) is 0.908. The Morgan fingerprint density at radius 1 is 1.60 bits per heavy atom. The number of hydrogen-bond donors (Lipinski definition) is 1. The Morgan fingerprint density at radius 2 is 2.30 bits per heavy atom. The minimum atomic E-state index is -0.782. The van der Waals surface area contributed by atoms with Gasteiger partial charge in [-0.15, -0.1) is 0 Å². The first-order valence-electron chi connectivity index (χ1n) is 6.56. The highest BCUT2D eigenvalue weighted by Gasteiger charge is 2.43. The van der Waals surface area contributed by atoms with Gasteiger partial charge < -0.3 is 10.1 Å². The van der Waals surface area contributed by atoms with E-state index in [1.807, 2.05) is 6.92 Å². The topological polar surface area (TPSA) is 62.1 Å². The molecule has 1 aliphatic carbocycles. The number of nitrogens with one attached hydrogen (secondary N) is 1. The van der Waals surface area contributed by atoms with Gasteiger partial charge in [-0.05, 0) is 56.4 Å². The van der Waals surface area contributed by atoms with Gasteiger partial charge in [0.15, 0.2) is 6.61 Å². The Kier molecular flexibility index (Phi) is 4.20. The largest absolute Gasteiger partial charge is 0.484 e. The third-order valence-corrected chi connectivity index (χ3v) is 3.76. The first-order chi connectivity index (χ1) is 9.44. The molecule has 0 heterocycles. The number of carbonyl (C=O) groups excluding carboxylic acids is 1. The number of nitrogens with zero attached hydrogens (tertiary/aromatic N) is 1. The van der Waals surface area contributed by atoms with Gasteiger partial charge in [0.25, 0.3) is 5.91 Å². The zero-order valence-electron chi connectivity index (χ0n) is 11.6. The summed E-state index contributed by atoms with van der Waals surface area (Å²) in [5, 5.41) is 12.6. The second-order valence-electron chi connectivity index (χ2n) is 5.34. The first kappa shape index (κ1) is 14.7. The molecule has 0 aliphatic heterocycles. The van der Waals surface area contributed by atoms with E-state index < -0.39 is 5.54 Å². The third kappa shape index (κ3) is 3.43. The molecule has 1 fully saturated rings. The number of amides is 1. The van der Waals surface area contributed by atoms with E-state index in [0.29, 0.717) is 10.8 Å². The molecule has 5 heteroatoms. The van der Waals surface area contributed by atoms with Gasteiger partial charge in [0.2, 0.25) is 0 Å². The highest BCUT2D eigenvalue weighted by Crippen LogP contribution is 2.39. The summed E-state index contributed by atoms with van der Waals surface area (Å²) in [7, 11) is 0. The van der Waals surface area contributed by atoms with Crippen molar-refractivity contribution in [3.05, 3.63) is 28.8 Å². The number of aryl methyl sites for hydroxylation is 1. The molecule has 1 N–H and O–H groups in total. The smallest absolute Gasteiger partial charge is 0.259 e. The minimum Gasteiger partial charge on any atom is -0.484 e. The molecule has 0 spiro atoms. The van der Waals surface area contributed by atoms with Crippen molar-refractivity contribution in [1.29, 1.82) is 5.26 Å². The van der Waals surface area contributed by atoms with Crippen LogP contribution in [-0.2, 0) is 4.79 Å². The Morgan fingerprint density at radius 3 is 2.85 bits per heavy atom. The van der Waals surface area contributed by atoms with Crippen LogP contribution in [0.5, 0.6) is 5.75 Å². The Balaban J connectivity index is 1.90. The van der Waals surface area contributed by atoms with Crippen molar-refractivity contribution in [3.63, 3.8) is 0 Å². The van der Waals surface area contributed by atoms with Crippen molar-refractivity contribution in [2.24, 2.45) is 5.92 Å². The summed E-state index contributed by atoms with van der Waals surface area (Å²) < 4.78 is 5.46. The van der Waals surface area contributed by atoms with Crippen molar-refractivity contribution < 1.29 is 9.53 Å². The Hall–Kier alpha value is -1.73. The first-order valence-corrected chi connectivity index (χ1v) is 6.93. The summed E-state index contributed by atoms with van der Waals surface area (Å²) >= 11 is 5.86. The number of nitriles is 1. The predicted molar refractivity (Wildman–Crippen MR) is 76.6 cm³/mol. The maximum atomic E-state index is 11.9. The molecule has 1 aromatic rings. The number of hydrogen-bond acceptors (Lipinski definition) is 3. The molecule has 1 atom stereocenters. The Labute approximate surface area is 123 Å². The predicted octanol–water partition coefficient (Wildman–Crippen LogP) is 2.84. The van der Waals surface area contributed by atoms with Gasteiger partial charge in [-0.1, -0.05) is 11.6 Å². The Bertz CT molecular complexity index is 563. The van der Waals surface area contributed by atoms with Gasteiger partial charge in [0.05, 0.1) is 6.07 Å². The number of ether oxygens (including phenoxy) is 1. The van der Waals surface area contributed by atoms with E-state index >= 15 is 0 Å². The minimum absolute atomic E-state index is 0.105. The SMILES string of the molecule is Cc1cc(Cl)ccc1OCC(=O)N[C@](C)(C#N)C1CC1. The van der Waals surface area contributed by atoms with Crippen LogP contribution < -0.4 is 10.1 Å². The van der Waals surface area contributed by atoms with Crippen LogP contribution in [0, 0.1) is 24.2 Å². The van der Waals surface area contributed by atoms with Crippen molar-refractivity contribution in [3.8, 4) is 11.8 Å². The standard InChI is InChI=1S/C15H17ClN2O2/c1-10-7-12(16)5-6-13(10)20-8-14(19)18-15(2,9-17)11-3-4-11/h5-7,11H,3-4,8H2,1-2H3,(H,18,19)/t15-/m1/s1. The number of carbonyl (C=O) groups is 1. The summed E-state index contributed by atoms with van der Waals surface area (Å²) in [6, 6.07) is 7.40. The van der Waals surface area contributed by atoms with Crippen LogP contribution in [-0.4, -0.2) is 18.1 Å². The molecule has 2 rings (SSSR count). The fourth-order valence-electron chi connectivity index (χ4n) is 2.13. The molecule has 1 aromatic carbocycles. The van der Waals surface area contributed by atoms with Crippen LogP contribution in [0.4, 0.5) is 0 Å². The highest BCUT2D eigenvalue weighted by molar-refractivity contribution is 6.30. The van der Waals surface area contributed by atoms with Crippen LogP contribution in [0.2, 0.25) is 5.02 Å². The fraction of sp³-hybridized carbons (Fsp3) is 0.467.